The van der Waals surface area contributed by atoms with Crippen LogP contribution < -0.4 is 0 Å². The highest BCUT2D eigenvalue weighted by Gasteiger charge is 2.26. The number of nitrogens with zero attached hydrogens (tertiary/aromatic N) is 5. The summed E-state index contributed by atoms with van der Waals surface area (Å²) in [6.45, 7) is 5.70. The number of amides is 1. The van der Waals surface area contributed by atoms with Crippen LogP contribution in [0.3, 0.4) is 0 Å². The molecule has 0 saturated carbocycles. The highest BCUT2D eigenvalue weighted by Crippen LogP contribution is 2.20. The van der Waals surface area contributed by atoms with E-state index in [1.807, 2.05) is 35.7 Å². The van der Waals surface area contributed by atoms with Gasteiger partial charge in [-0.1, -0.05) is 19.0 Å². The lowest BCUT2D eigenvalue weighted by Crippen LogP contribution is -2.45. The Morgan fingerprint density at radius 1 is 1.40 bits per heavy atom. The smallest absolute Gasteiger partial charge is 0.226 e. The van der Waals surface area contributed by atoms with Gasteiger partial charge in [-0.3, -0.25) is 9.48 Å². The molecule has 2 aromatic heterocycles. The van der Waals surface area contributed by atoms with Crippen molar-refractivity contribution in [1.82, 2.24) is 24.8 Å². The minimum atomic E-state index is 0.223. The summed E-state index contributed by atoms with van der Waals surface area (Å²) < 4.78 is 7.17. The maximum absolute atomic E-state index is 12.7. The van der Waals surface area contributed by atoms with E-state index in [0.29, 0.717) is 18.7 Å². The van der Waals surface area contributed by atoms with Gasteiger partial charge in [-0.25, -0.2) is 0 Å². The third kappa shape index (κ3) is 4.67. The number of likely N-dealkylation sites (tertiary alicyclic amines) is 1. The van der Waals surface area contributed by atoms with Crippen molar-refractivity contribution in [2.24, 2.45) is 0 Å². The molecule has 7 nitrogen and oxygen atoms in total. The number of carbonyl (C=O) groups excluding carboxylic acids is 1. The van der Waals surface area contributed by atoms with Crippen LogP contribution in [0.4, 0.5) is 0 Å². The zero-order valence-electron chi connectivity index (χ0n) is 15.1. The topological polar surface area (TPSA) is 77.0 Å². The van der Waals surface area contributed by atoms with Crippen LogP contribution in [0.1, 0.15) is 63.6 Å². The zero-order chi connectivity index (χ0) is 17.6. The lowest BCUT2D eigenvalue weighted by Gasteiger charge is -2.35. The number of rotatable bonds is 7. The van der Waals surface area contributed by atoms with Crippen LogP contribution in [0.25, 0.3) is 0 Å². The second-order valence-corrected chi connectivity index (χ2v) is 7.02. The Hall–Kier alpha value is -2.18. The summed E-state index contributed by atoms with van der Waals surface area (Å²) in [6, 6.07) is 2.17. The molecule has 0 aromatic carbocycles. The minimum absolute atomic E-state index is 0.223. The maximum atomic E-state index is 12.7. The van der Waals surface area contributed by atoms with Crippen molar-refractivity contribution in [3.05, 3.63) is 30.2 Å². The Balaban J connectivity index is 1.50. The summed E-state index contributed by atoms with van der Waals surface area (Å²) in [7, 11) is 0. The number of carbonyl (C=O) groups is 1. The molecule has 0 spiro atoms. The Kier molecular flexibility index (Phi) is 5.83. The zero-order valence-corrected chi connectivity index (χ0v) is 15.1. The first-order chi connectivity index (χ1) is 12.1. The molecule has 7 heteroatoms. The molecule has 3 heterocycles. The molecule has 1 aliphatic rings. The van der Waals surface area contributed by atoms with E-state index < -0.39 is 0 Å². The van der Waals surface area contributed by atoms with Gasteiger partial charge in [-0.05, 0) is 31.7 Å². The van der Waals surface area contributed by atoms with E-state index in [0.717, 1.165) is 38.2 Å². The molecular weight excluding hydrogens is 318 g/mol. The summed E-state index contributed by atoms with van der Waals surface area (Å²) in [4.78, 5) is 19.1. The molecule has 1 unspecified atom stereocenters. The van der Waals surface area contributed by atoms with Crippen LogP contribution in [0.15, 0.2) is 23.0 Å². The van der Waals surface area contributed by atoms with Crippen LogP contribution >= 0.6 is 0 Å². The summed E-state index contributed by atoms with van der Waals surface area (Å²) in [5, 5.41) is 8.24. The normalized spacial score (nSPS) is 18.0. The highest BCUT2D eigenvalue weighted by molar-refractivity contribution is 5.76. The van der Waals surface area contributed by atoms with Crippen molar-refractivity contribution in [3.63, 3.8) is 0 Å². The van der Waals surface area contributed by atoms with Crippen molar-refractivity contribution in [1.29, 1.82) is 0 Å². The predicted octanol–water partition coefficient (Wildman–Crippen LogP) is 2.79. The quantitative estimate of drug-likeness (QED) is 0.771. The molecule has 0 aliphatic carbocycles. The van der Waals surface area contributed by atoms with E-state index in [9.17, 15) is 4.79 Å². The monoisotopic (exact) mass is 345 g/mol. The van der Waals surface area contributed by atoms with Crippen LogP contribution in [-0.2, 0) is 17.8 Å². The fourth-order valence-electron chi connectivity index (χ4n) is 3.28. The van der Waals surface area contributed by atoms with E-state index in [1.54, 1.807) is 6.20 Å². The van der Waals surface area contributed by atoms with Crippen molar-refractivity contribution in [2.75, 3.05) is 6.54 Å². The second-order valence-electron chi connectivity index (χ2n) is 7.02. The summed E-state index contributed by atoms with van der Waals surface area (Å²) in [5.74, 6) is 1.84. The number of aryl methyl sites for hydroxylation is 1. The average molecular weight is 345 g/mol. The van der Waals surface area contributed by atoms with Crippen molar-refractivity contribution in [3.8, 4) is 0 Å². The molecule has 0 N–H and O–H groups in total. The molecular formula is C18H27N5O2. The van der Waals surface area contributed by atoms with Crippen LogP contribution in [0, 0.1) is 0 Å². The van der Waals surface area contributed by atoms with Crippen LogP contribution in [0.2, 0.25) is 0 Å². The van der Waals surface area contributed by atoms with Gasteiger partial charge in [0.2, 0.25) is 11.8 Å². The molecule has 2 aromatic rings. The van der Waals surface area contributed by atoms with Gasteiger partial charge in [0.25, 0.3) is 0 Å². The van der Waals surface area contributed by atoms with Gasteiger partial charge < -0.3 is 9.42 Å². The Bertz CT molecular complexity index is 665. The van der Waals surface area contributed by atoms with Gasteiger partial charge in [0.1, 0.15) is 0 Å². The van der Waals surface area contributed by atoms with Crippen molar-refractivity contribution < 1.29 is 9.32 Å². The van der Waals surface area contributed by atoms with Gasteiger partial charge in [0.15, 0.2) is 5.82 Å². The second kappa shape index (κ2) is 8.27. The molecule has 25 heavy (non-hydrogen) atoms. The molecule has 3 rings (SSSR count). The Labute approximate surface area is 148 Å². The minimum Gasteiger partial charge on any atom is -0.339 e. The number of hydrogen-bond acceptors (Lipinski definition) is 5. The molecule has 1 saturated heterocycles. The molecule has 0 radical (unpaired) electrons. The molecule has 0 bridgehead atoms. The van der Waals surface area contributed by atoms with E-state index in [2.05, 4.69) is 15.2 Å². The van der Waals surface area contributed by atoms with Crippen molar-refractivity contribution in [2.45, 2.75) is 70.9 Å². The first kappa shape index (κ1) is 17.6. The van der Waals surface area contributed by atoms with E-state index in [4.69, 9.17) is 4.52 Å². The molecule has 1 fully saturated rings. The summed E-state index contributed by atoms with van der Waals surface area (Å²) >= 11 is 0. The number of piperidine rings is 1. The number of aromatic nitrogens is 4. The Morgan fingerprint density at radius 3 is 3.00 bits per heavy atom. The third-order valence-corrected chi connectivity index (χ3v) is 4.69. The van der Waals surface area contributed by atoms with Gasteiger partial charge in [0.05, 0.1) is 12.6 Å². The van der Waals surface area contributed by atoms with E-state index in [1.165, 1.54) is 6.42 Å². The van der Waals surface area contributed by atoms with E-state index >= 15 is 0 Å². The summed E-state index contributed by atoms with van der Waals surface area (Å²) in [6.07, 6.45) is 8.97. The highest BCUT2D eigenvalue weighted by atomic mass is 16.5. The lowest BCUT2D eigenvalue weighted by atomic mass is 10.0. The SMILES string of the molecule is CC(C)c1noc(CCCC(=O)N2CCCCC2Cn2cccn2)n1. The fourth-order valence-corrected chi connectivity index (χ4v) is 3.28. The number of hydrogen-bond donors (Lipinski definition) is 0. The first-order valence-corrected chi connectivity index (χ1v) is 9.23. The largest absolute Gasteiger partial charge is 0.339 e. The van der Waals surface area contributed by atoms with Gasteiger partial charge in [-0.15, -0.1) is 0 Å². The van der Waals surface area contributed by atoms with Crippen LogP contribution in [0.5, 0.6) is 0 Å². The van der Waals surface area contributed by atoms with E-state index in [-0.39, 0.29) is 17.9 Å². The molecule has 1 aliphatic heterocycles. The molecule has 136 valence electrons. The fraction of sp³-hybridized carbons (Fsp3) is 0.667. The Morgan fingerprint density at radius 2 is 2.28 bits per heavy atom. The van der Waals surface area contributed by atoms with Crippen LogP contribution in [-0.4, -0.2) is 43.3 Å². The summed E-state index contributed by atoms with van der Waals surface area (Å²) in [5.41, 5.74) is 0. The van der Waals surface area contributed by atoms with Gasteiger partial charge in [0, 0.05) is 37.7 Å². The standard InChI is InChI=1S/C18H27N5O2/c1-14(2)18-20-16(25-21-18)8-5-9-17(24)23-12-4-3-7-15(23)13-22-11-6-10-19-22/h6,10-11,14-15H,3-5,7-9,12-13H2,1-2H3. The third-order valence-electron chi connectivity index (χ3n) is 4.69. The predicted molar refractivity (Wildman–Crippen MR) is 92.9 cm³/mol. The maximum Gasteiger partial charge on any atom is 0.226 e. The van der Waals surface area contributed by atoms with Gasteiger partial charge >= 0.3 is 0 Å². The lowest BCUT2D eigenvalue weighted by molar-refractivity contribution is -0.135. The van der Waals surface area contributed by atoms with Crippen molar-refractivity contribution >= 4 is 5.91 Å². The first-order valence-electron chi connectivity index (χ1n) is 9.23. The molecule has 1 atom stereocenters. The average Bonchev–Trinajstić information content (AvgIpc) is 3.27. The molecule has 1 amide bonds. The van der Waals surface area contributed by atoms with Gasteiger partial charge in [-0.2, -0.15) is 10.1 Å².